The predicted molar refractivity (Wildman–Crippen MR) is 84.7 cm³/mol. The average molecular weight is 294 g/mol. The molecule has 0 bridgehead atoms. The van der Waals surface area contributed by atoms with Crippen LogP contribution in [0.25, 0.3) is 6.08 Å². The van der Waals surface area contributed by atoms with Crippen molar-refractivity contribution in [2.24, 2.45) is 0 Å². The van der Waals surface area contributed by atoms with E-state index >= 15 is 0 Å². The van der Waals surface area contributed by atoms with Crippen molar-refractivity contribution >= 4 is 6.08 Å². The molecular weight excluding hydrogens is 268 g/mol. The van der Waals surface area contributed by atoms with Crippen LogP contribution in [-0.4, -0.2) is 25.8 Å². The second-order valence-corrected chi connectivity index (χ2v) is 4.64. The van der Waals surface area contributed by atoms with Crippen LogP contribution in [0.3, 0.4) is 0 Å². The van der Waals surface area contributed by atoms with Crippen molar-refractivity contribution < 1.29 is 18.9 Å². The van der Waals surface area contributed by atoms with Crippen LogP contribution < -0.4 is 9.47 Å². The van der Waals surface area contributed by atoms with E-state index in [2.05, 4.69) is 6.58 Å². The van der Waals surface area contributed by atoms with E-state index in [1.165, 1.54) is 0 Å². The van der Waals surface area contributed by atoms with Gasteiger partial charge in [0.05, 0.1) is 0 Å². The van der Waals surface area contributed by atoms with Crippen molar-refractivity contribution in [1.29, 1.82) is 0 Å². The van der Waals surface area contributed by atoms with Gasteiger partial charge < -0.3 is 18.9 Å². The maximum atomic E-state index is 5.78. The maximum Gasteiger partial charge on any atom is 0.196 e. The molecule has 0 radical (unpaired) electrons. The summed E-state index contributed by atoms with van der Waals surface area (Å²) in [5.74, 6) is 1.50. The highest BCUT2D eigenvalue weighted by molar-refractivity contribution is 5.60. The van der Waals surface area contributed by atoms with Crippen LogP contribution >= 0.6 is 0 Å². The second kappa shape index (κ2) is 8.70. The number of ether oxygens (including phenoxy) is 4. The molecule has 2 atom stereocenters. The van der Waals surface area contributed by atoms with Crippen LogP contribution in [0.1, 0.15) is 38.8 Å². The average Bonchev–Trinajstić information content (AvgIpc) is 2.42. The molecular formula is C17H26O4. The molecule has 0 saturated heterocycles. The first kappa shape index (κ1) is 17.5. The van der Waals surface area contributed by atoms with E-state index in [1.807, 2.05) is 46.8 Å². The minimum absolute atomic E-state index is 0.291. The Kier molecular flexibility index (Phi) is 7.26. The highest BCUT2D eigenvalue weighted by atomic mass is 16.7. The monoisotopic (exact) mass is 294 g/mol. The molecule has 118 valence electrons. The first-order chi connectivity index (χ1) is 10.0. The SMILES string of the molecule is C=Cc1cc(OC(C)OCC)c(C)cc1OC(C)OCC. The lowest BCUT2D eigenvalue weighted by atomic mass is 10.1. The van der Waals surface area contributed by atoms with E-state index in [9.17, 15) is 0 Å². The summed E-state index contributed by atoms with van der Waals surface area (Å²) in [7, 11) is 0. The molecule has 2 unspecified atom stereocenters. The first-order valence-electron chi connectivity index (χ1n) is 7.35. The van der Waals surface area contributed by atoms with Gasteiger partial charge in [0.25, 0.3) is 0 Å². The van der Waals surface area contributed by atoms with E-state index in [-0.39, 0.29) is 12.6 Å². The van der Waals surface area contributed by atoms with E-state index in [0.29, 0.717) is 13.2 Å². The largest absolute Gasteiger partial charge is 0.465 e. The zero-order chi connectivity index (χ0) is 15.8. The summed E-state index contributed by atoms with van der Waals surface area (Å²) >= 11 is 0. The van der Waals surface area contributed by atoms with Crippen LogP contribution in [0.15, 0.2) is 18.7 Å². The van der Waals surface area contributed by atoms with Gasteiger partial charge in [-0.3, -0.25) is 0 Å². The maximum absolute atomic E-state index is 5.78. The Balaban J connectivity index is 2.93. The minimum Gasteiger partial charge on any atom is -0.465 e. The van der Waals surface area contributed by atoms with Gasteiger partial charge in [0.1, 0.15) is 11.5 Å². The molecule has 4 nitrogen and oxygen atoms in total. The Morgan fingerprint density at radius 3 is 2.00 bits per heavy atom. The molecule has 4 heteroatoms. The summed E-state index contributed by atoms with van der Waals surface area (Å²) in [5.41, 5.74) is 1.84. The lowest BCUT2D eigenvalue weighted by molar-refractivity contribution is -0.0639. The molecule has 21 heavy (non-hydrogen) atoms. The molecule has 0 N–H and O–H groups in total. The fourth-order valence-electron chi connectivity index (χ4n) is 1.96. The van der Waals surface area contributed by atoms with Gasteiger partial charge in [0.15, 0.2) is 12.6 Å². The summed E-state index contributed by atoms with van der Waals surface area (Å²) in [6.45, 7) is 14.6. The van der Waals surface area contributed by atoms with Gasteiger partial charge in [-0.25, -0.2) is 0 Å². The Morgan fingerprint density at radius 2 is 1.52 bits per heavy atom. The van der Waals surface area contributed by atoms with Crippen molar-refractivity contribution in [2.75, 3.05) is 13.2 Å². The zero-order valence-electron chi connectivity index (χ0n) is 13.6. The van der Waals surface area contributed by atoms with Gasteiger partial charge in [-0.15, -0.1) is 0 Å². The Morgan fingerprint density at radius 1 is 1.00 bits per heavy atom. The highest BCUT2D eigenvalue weighted by Crippen LogP contribution is 2.30. The van der Waals surface area contributed by atoms with Crippen LogP contribution in [0.5, 0.6) is 11.5 Å². The summed E-state index contributed by atoms with van der Waals surface area (Å²) in [6, 6.07) is 3.84. The van der Waals surface area contributed by atoms with E-state index in [4.69, 9.17) is 18.9 Å². The minimum atomic E-state index is -0.304. The molecule has 0 aliphatic rings. The normalized spacial score (nSPS) is 13.6. The van der Waals surface area contributed by atoms with E-state index in [1.54, 1.807) is 6.08 Å². The molecule has 0 aliphatic heterocycles. The van der Waals surface area contributed by atoms with E-state index in [0.717, 1.165) is 22.6 Å². The second-order valence-electron chi connectivity index (χ2n) is 4.64. The molecule has 0 saturated carbocycles. The summed E-state index contributed by atoms with van der Waals surface area (Å²) < 4.78 is 22.4. The molecule has 1 rings (SSSR count). The lowest BCUT2D eigenvalue weighted by Gasteiger charge is -2.20. The summed E-state index contributed by atoms with van der Waals surface area (Å²) in [4.78, 5) is 0. The quantitative estimate of drug-likeness (QED) is 0.641. The van der Waals surface area contributed by atoms with Crippen molar-refractivity contribution in [3.8, 4) is 11.5 Å². The first-order valence-corrected chi connectivity index (χ1v) is 7.35. The predicted octanol–water partition coefficient (Wildman–Crippen LogP) is 4.16. The number of aryl methyl sites for hydroxylation is 1. The third-order valence-corrected chi connectivity index (χ3v) is 2.92. The van der Waals surface area contributed by atoms with Crippen molar-refractivity contribution in [3.05, 3.63) is 29.8 Å². The summed E-state index contributed by atoms with van der Waals surface area (Å²) in [5, 5.41) is 0. The highest BCUT2D eigenvalue weighted by Gasteiger charge is 2.13. The fourth-order valence-corrected chi connectivity index (χ4v) is 1.96. The summed E-state index contributed by atoms with van der Waals surface area (Å²) in [6.07, 6.45) is 1.15. The standard InChI is InChI=1S/C17H26O4/c1-7-15-11-16(20-13(5)18-8-2)12(4)10-17(15)21-14(6)19-9-3/h7,10-11,13-14H,1,8-9H2,2-6H3. The van der Waals surface area contributed by atoms with Gasteiger partial charge in [-0.2, -0.15) is 0 Å². The number of rotatable bonds is 9. The van der Waals surface area contributed by atoms with Crippen molar-refractivity contribution in [3.63, 3.8) is 0 Å². The lowest BCUT2D eigenvalue weighted by Crippen LogP contribution is -2.18. The van der Waals surface area contributed by atoms with Crippen LogP contribution in [0.4, 0.5) is 0 Å². The Hall–Kier alpha value is -1.52. The zero-order valence-corrected chi connectivity index (χ0v) is 13.6. The smallest absolute Gasteiger partial charge is 0.196 e. The molecule has 0 aliphatic carbocycles. The van der Waals surface area contributed by atoms with Crippen molar-refractivity contribution in [2.45, 2.75) is 47.2 Å². The van der Waals surface area contributed by atoms with Gasteiger partial charge in [0.2, 0.25) is 0 Å². The van der Waals surface area contributed by atoms with Crippen LogP contribution in [0, 0.1) is 6.92 Å². The topological polar surface area (TPSA) is 36.9 Å². The Labute approximate surface area is 127 Å². The number of hydrogen-bond acceptors (Lipinski definition) is 4. The van der Waals surface area contributed by atoms with Gasteiger partial charge in [-0.05, 0) is 52.3 Å². The molecule has 1 aromatic rings. The molecule has 0 amide bonds. The molecule has 0 aromatic heterocycles. The van der Waals surface area contributed by atoms with Gasteiger partial charge in [-0.1, -0.05) is 12.7 Å². The third-order valence-electron chi connectivity index (χ3n) is 2.92. The van der Waals surface area contributed by atoms with Crippen molar-refractivity contribution in [1.82, 2.24) is 0 Å². The number of benzene rings is 1. The molecule has 1 aromatic carbocycles. The fraction of sp³-hybridized carbons (Fsp3) is 0.529. The van der Waals surface area contributed by atoms with E-state index < -0.39 is 0 Å². The number of hydrogen-bond donors (Lipinski definition) is 0. The molecule has 0 fully saturated rings. The van der Waals surface area contributed by atoms with Gasteiger partial charge >= 0.3 is 0 Å². The van der Waals surface area contributed by atoms with Gasteiger partial charge in [0, 0.05) is 18.8 Å². The third kappa shape index (κ3) is 5.40. The molecule has 0 spiro atoms. The van der Waals surface area contributed by atoms with Crippen LogP contribution in [-0.2, 0) is 9.47 Å². The van der Waals surface area contributed by atoms with Crippen LogP contribution in [0.2, 0.25) is 0 Å². The molecule has 0 heterocycles. The Bertz CT molecular complexity index is 456.